The minimum absolute atomic E-state index is 0.0615. The Morgan fingerprint density at radius 3 is 1.75 bits per heavy atom. The second-order valence-corrected chi connectivity index (χ2v) is 7.27. The van der Waals surface area contributed by atoms with Gasteiger partial charge in [0.2, 0.25) is 0 Å². The Bertz CT molecular complexity index is 1560. The Labute approximate surface area is 160 Å². The molecule has 0 saturated heterocycles. The highest BCUT2D eigenvalue weighted by Gasteiger charge is 2.16. The highest BCUT2D eigenvalue weighted by molar-refractivity contribution is 6.35. The molecule has 0 aliphatic carbocycles. The maximum Gasteiger partial charge on any atom is 0.166 e. The lowest BCUT2D eigenvalue weighted by molar-refractivity contribution is 0.408. The van der Waals surface area contributed by atoms with E-state index in [-0.39, 0.29) is 11.5 Å². The van der Waals surface area contributed by atoms with Gasteiger partial charge in [-0.25, -0.2) is 0 Å². The zero-order valence-electron chi connectivity index (χ0n) is 15.0. The van der Waals surface area contributed by atoms with Gasteiger partial charge in [-0.15, -0.1) is 0 Å². The van der Waals surface area contributed by atoms with Gasteiger partial charge in [0.05, 0.1) is 0 Å². The fourth-order valence-corrected chi connectivity index (χ4v) is 4.60. The first-order chi connectivity index (χ1) is 13.7. The molecular weight excluding hydrogens is 344 g/mol. The Hall–Kier alpha value is -3.78. The van der Waals surface area contributed by atoms with Crippen molar-refractivity contribution in [2.75, 3.05) is 0 Å². The highest BCUT2D eigenvalue weighted by atomic mass is 16.3. The van der Waals surface area contributed by atoms with Gasteiger partial charge in [-0.2, -0.15) is 0 Å². The third kappa shape index (κ3) is 1.87. The van der Waals surface area contributed by atoms with E-state index in [1.165, 1.54) is 26.9 Å². The molecule has 0 aliphatic rings. The molecule has 2 heteroatoms. The van der Waals surface area contributed by atoms with E-state index in [4.69, 9.17) is 0 Å². The third-order valence-corrected chi connectivity index (χ3v) is 5.82. The second kappa shape index (κ2) is 5.37. The van der Waals surface area contributed by atoms with Crippen molar-refractivity contribution in [3.05, 3.63) is 84.9 Å². The molecule has 132 valence electrons. The Morgan fingerprint density at radius 1 is 0.393 bits per heavy atom. The maximum atomic E-state index is 10.7. The zero-order valence-corrected chi connectivity index (χ0v) is 15.0. The van der Waals surface area contributed by atoms with Gasteiger partial charge in [0, 0.05) is 5.39 Å². The summed E-state index contributed by atoms with van der Waals surface area (Å²) in [5, 5.41) is 31.5. The van der Waals surface area contributed by atoms with Crippen molar-refractivity contribution < 1.29 is 10.2 Å². The normalized spacial score (nSPS) is 11.9. The molecule has 0 unspecified atom stereocenters. The van der Waals surface area contributed by atoms with Gasteiger partial charge in [0.25, 0.3) is 0 Å². The molecule has 0 saturated carbocycles. The van der Waals surface area contributed by atoms with Crippen LogP contribution in [0, 0.1) is 0 Å². The molecule has 0 amide bonds. The number of aromatic hydroxyl groups is 2. The summed E-state index contributed by atoms with van der Waals surface area (Å²) in [5.74, 6) is -0.156. The van der Waals surface area contributed by atoms with E-state index in [1.807, 2.05) is 24.3 Å². The number of fused-ring (bicyclic) bond motifs is 10. The van der Waals surface area contributed by atoms with Crippen LogP contribution in [0.4, 0.5) is 0 Å². The van der Waals surface area contributed by atoms with Crippen LogP contribution >= 0.6 is 0 Å². The lowest BCUT2D eigenvalue weighted by atomic mass is 9.89. The molecule has 0 atom stereocenters. The predicted octanol–water partition coefficient (Wildman–Crippen LogP) is 6.86. The fraction of sp³-hybridized carbons (Fsp3) is 0. The number of phenolic OH excluding ortho intramolecular Hbond substituents is 2. The molecule has 6 rings (SSSR count). The molecule has 0 radical (unpaired) electrons. The lowest BCUT2D eigenvalue weighted by Gasteiger charge is -2.15. The largest absolute Gasteiger partial charge is 0.504 e. The Kier molecular flexibility index (Phi) is 2.93. The van der Waals surface area contributed by atoms with Crippen molar-refractivity contribution in [1.82, 2.24) is 0 Å². The first kappa shape index (κ1) is 15.3. The molecule has 0 heterocycles. The van der Waals surface area contributed by atoms with Gasteiger partial charge in [-0.1, -0.05) is 72.8 Å². The molecule has 0 fully saturated rings. The van der Waals surface area contributed by atoms with E-state index in [2.05, 4.69) is 54.6 Å². The summed E-state index contributed by atoms with van der Waals surface area (Å²) >= 11 is 0. The van der Waals surface area contributed by atoms with E-state index in [1.54, 1.807) is 6.07 Å². The van der Waals surface area contributed by atoms with E-state index in [0.717, 1.165) is 21.5 Å². The van der Waals surface area contributed by atoms with Crippen LogP contribution in [0.1, 0.15) is 0 Å². The van der Waals surface area contributed by atoms with Gasteiger partial charge in [-0.05, 0) is 60.6 Å². The monoisotopic (exact) mass is 360 g/mol. The molecule has 2 nitrogen and oxygen atoms in total. The van der Waals surface area contributed by atoms with Crippen molar-refractivity contribution in [2.45, 2.75) is 0 Å². The smallest absolute Gasteiger partial charge is 0.166 e. The first-order valence-electron chi connectivity index (χ1n) is 9.33. The summed E-state index contributed by atoms with van der Waals surface area (Å²) in [6.07, 6.45) is 0. The van der Waals surface area contributed by atoms with Gasteiger partial charge in [0.15, 0.2) is 11.5 Å². The Morgan fingerprint density at radius 2 is 0.929 bits per heavy atom. The number of rotatable bonds is 0. The van der Waals surface area contributed by atoms with Crippen molar-refractivity contribution in [1.29, 1.82) is 0 Å². The summed E-state index contributed by atoms with van der Waals surface area (Å²) in [6, 6.07) is 28.6. The molecule has 0 aromatic heterocycles. The number of benzene rings is 6. The molecule has 0 aliphatic heterocycles. The maximum absolute atomic E-state index is 10.7. The molecule has 6 aromatic carbocycles. The number of hydrogen-bond donors (Lipinski definition) is 2. The molecule has 6 aromatic rings. The molecule has 0 spiro atoms. The quantitative estimate of drug-likeness (QED) is 0.229. The van der Waals surface area contributed by atoms with Crippen molar-refractivity contribution >= 4 is 53.9 Å². The molecular formula is C26H16O2. The average molecular weight is 360 g/mol. The van der Waals surface area contributed by atoms with Crippen LogP contribution in [0.3, 0.4) is 0 Å². The Balaban J connectivity index is 2.04. The second-order valence-electron chi connectivity index (χ2n) is 7.27. The summed E-state index contributed by atoms with van der Waals surface area (Å²) in [6.45, 7) is 0. The standard InChI is InChI=1S/C26H16O2/c27-22-14-13-21-20-12-11-16-10-9-15-5-1-2-6-17(15)23(16)24(20)18-7-3-4-8-19(18)25(21)26(22)28/h1-14,27-28H. The topological polar surface area (TPSA) is 40.5 Å². The van der Waals surface area contributed by atoms with Crippen molar-refractivity contribution in [2.24, 2.45) is 0 Å². The fourth-order valence-electron chi connectivity index (χ4n) is 4.60. The van der Waals surface area contributed by atoms with Gasteiger partial charge < -0.3 is 10.2 Å². The van der Waals surface area contributed by atoms with Crippen LogP contribution in [0.5, 0.6) is 11.5 Å². The first-order valence-corrected chi connectivity index (χ1v) is 9.33. The lowest BCUT2D eigenvalue weighted by Crippen LogP contribution is -1.87. The summed E-state index contributed by atoms with van der Waals surface area (Å²) in [7, 11) is 0. The summed E-state index contributed by atoms with van der Waals surface area (Å²) in [5.41, 5.74) is 0. The third-order valence-electron chi connectivity index (χ3n) is 5.82. The zero-order chi connectivity index (χ0) is 18.8. The van der Waals surface area contributed by atoms with E-state index < -0.39 is 0 Å². The number of hydrogen-bond acceptors (Lipinski definition) is 2. The van der Waals surface area contributed by atoms with Gasteiger partial charge in [0.1, 0.15) is 0 Å². The van der Waals surface area contributed by atoms with Crippen molar-refractivity contribution in [3.8, 4) is 11.5 Å². The van der Waals surface area contributed by atoms with Crippen LogP contribution in [-0.2, 0) is 0 Å². The predicted molar refractivity (Wildman–Crippen MR) is 117 cm³/mol. The van der Waals surface area contributed by atoms with Crippen LogP contribution in [0.2, 0.25) is 0 Å². The minimum atomic E-state index is -0.0942. The molecule has 0 bridgehead atoms. The molecule has 2 N–H and O–H groups in total. The number of phenols is 2. The van der Waals surface area contributed by atoms with E-state index >= 15 is 0 Å². The van der Waals surface area contributed by atoms with Crippen LogP contribution < -0.4 is 0 Å². The summed E-state index contributed by atoms with van der Waals surface area (Å²) in [4.78, 5) is 0. The SMILES string of the molecule is Oc1ccc2c3ccc4ccc5ccccc5c4c3c3ccccc3c2c1O. The highest BCUT2D eigenvalue weighted by Crippen LogP contribution is 2.45. The van der Waals surface area contributed by atoms with Crippen LogP contribution in [0.15, 0.2) is 84.9 Å². The van der Waals surface area contributed by atoms with Crippen LogP contribution in [-0.4, -0.2) is 10.2 Å². The van der Waals surface area contributed by atoms with Gasteiger partial charge >= 0.3 is 0 Å². The minimum Gasteiger partial charge on any atom is -0.504 e. The van der Waals surface area contributed by atoms with Gasteiger partial charge in [-0.3, -0.25) is 0 Å². The van der Waals surface area contributed by atoms with E-state index in [9.17, 15) is 10.2 Å². The molecule has 28 heavy (non-hydrogen) atoms. The van der Waals surface area contributed by atoms with E-state index in [0.29, 0.717) is 5.39 Å². The van der Waals surface area contributed by atoms with Crippen LogP contribution in [0.25, 0.3) is 53.9 Å². The summed E-state index contributed by atoms with van der Waals surface area (Å²) < 4.78 is 0. The van der Waals surface area contributed by atoms with Crippen molar-refractivity contribution in [3.63, 3.8) is 0 Å². The average Bonchev–Trinajstić information content (AvgIpc) is 2.75.